The molecule has 3 nitrogen and oxygen atoms in total. The van der Waals surface area contributed by atoms with E-state index in [0.29, 0.717) is 5.69 Å². The van der Waals surface area contributed by atoms with Gasteiger partial charge in [-0.25, -0.2) is 8.42 Å². The van der Waals surface area contributed by atoms with E-state index in [1.54, 1.807) is 18.2 Å². The fraction of sp³-hybridized carbons (Fsp3) is 0.250. The Bertz CT molecular complexity index is 800. The highest BCUT2D eigenvalue weighted by Gasteiger charge is 2.17. The molecule has 1 N–H and O–H groups in total. The molecule has 0 amide bonds. The molecule has 0 bridgehead atoms. The van der Waals surface area contributed by atoms with Gasteiger partial charge in [-0.2, -0.15) is 0 Å². The Morgan fingerprint density at radius 1 is 1.05 bits per heavy atom. The summed E-state index contributed by atoms with van der Waals surface area (Å²) in [6.45, 7) is 1.87. The zero-order valence-electron chi connectivity index (χ0n) is 11.7. The van der Waals surface area contributed by atoms with Gasteiger partial charge in [-0.1, -0.05) is 22.0 Å². The zero-order chi connectivity index (χ0) is 15.0. The van der Waals surface area contributed by atoms with Crippen molar-refractivity contribution in [2.45, 2.75) is 31.1 Å². The summed E-state index contributed by atoms with van der Waals surface area (Å²) in [5.74, 6) is 0. The monoisotopic (exact) mass is 365 g/mol. The molecule has 2 aromatic carbocycles. The number of halogens is 1. The van der Waals surface area contributed by atoms with E-state index < -0.39 is 10.0 Å². The van der Waals surface area contributed by atoms with Crippen molar-refractivity contribution >= 4 is 31.6 Å². The molecule has 0 spiro atoms. The van der Waals surface area contributed by atoms with Crippen molar-refractivity contribution in [3.8, 4) is 0 Å². The molecular formula is C16H16BrNO2S. The zero-order valence-corrected chi connectivity index (χ0v) is 14.1. The maximum absolute atomic E-state index is 12.4. The van der Waals surface area contributed by atoms with E-state index in [-0.39, 0.29) is 4.90 Å². The summed E-state index contributed by atoms with van der Waals surface area (Å²) in [6, 6.07) is 10.8. The maximum Gasteiger partial charge on any atom is 0.261 e. The highest BCUT2D eigenvalue weighted by molar-refractivity contribution is 9.10. The Hall–Kier alpha value is -1.33. The van der Waals surface area contributed by atoms with Gasteiger partial charge in [0.25, 0.3) is 10.0 Å². The molecule has 0 atom stereocenters. The predicted molar refractivity (Wildman–Crippen MR) is 88.2 cm³/mol. The number of fused-ring (bicyclic) bond motifs is 1. The van der Waals surface area contributed by atoms with Crippen molar-refractivity contribution in [2.75, 3.05) is 4.72 Å². The third kappa shape index (κ3) is 2.99. The molecular weight excluding hydrogens is 350 g/mol. The average Bonchev–Trinajstić information content (AvgIpc) is 2.88. The number of hydrogen-bond donors (Lipinski definition) is 1. The number of benzene rings is 2. The molecule has 0 aromatic heterocycles. The van der Waals surface area contributed by atoms with Crippen LogP contribution in [0.2, 0.25) is 0 Å². The number of anilines is 1. The molecule has 5 heteroatoms. The number of nitrogens with one attached hydrogen (secondary N) is 1. The Morgan fingerprint density at radius 3 is 2.57 bits per heavy atom. The van der Waals surface area contributed by atoms with Crippen LogP contribution in [0.25, 0.3) is 0 Å². The first-order chi connectivity index (χ1) is 9.95. The molecule has 0 saturated carbocycles. The van der Waals surface area contributed by atoms with Crippen LogP contribution in [-0.2, 0) is 22.9 Å². The molecule has 0 heterocycles. The summed E-state index contributed by atoms with van der Waals surface area (Å²) in [7, 11) is -3.54. The molecule has 21 heavy (non-hydrogen) atoms. The lowest BCUT2D eigenvalue weighted by Crippen LogP contribution is -2.13. The Balaban J connectivity index is 1.90. The average molecular weight is 366 g/mol. The van der Waals surface area contributed by atoms with Crippen LogP contribution < -0.4 is 4.72 Å². The molecule has 110 valence electrons. The van der Waals surface area contributed by atoms with Crippen LogP contribution in [0.3, 0.4) is 0 Å². The smallest absolute Gasteiger partial charge is 0.261 e. The van der Waals surface area contributed by atoms with Crippen LogP contribution in [0, 0.1) is 6.92 Å². The van der Waals surface area contributed by atoms with Crippen molar-refractivity contribution in [3.63, 3.8) is 0 Å². The highest BCUT2D eigenvalue weighted by atomic mass is 79.9. The van der Waals surface area contributed by atoms with Gasteiger partial charge in [0.1, 0.15) is 0 Å². The standard InChI is InChI=1S/C16H16BrNO2S/c1-11-9-15(7-8-16(11)17)21(19,20)18-14-6-5-12-3-2-4-13(12)10-14/h5-10,18H,2-4H2,1H3. The van der Waals surface area contributed by atoms with Crippen LogP contribution in [0.4, 0.5) is 5.69 Å². The van der Waals surface area contributed by atoms with Gasteiger partial charge < -0.3 is 0 Å². The minimum absolute atomic E-state index is 0.281. The SMILES string of the molecule is Cc1cc(S(=O)(=O)Nc2ccc3c(c2)CCC3)ccc1Br. The molecule has 1 aliphatic rings. The summed E-state index contributed by atoms with van der Waals surface area (Å²) in [6.07, 6.45) is 3.27. The molecule has 2 aromatic rings. The second-order valence-corrected chi connectivity index (χ2v) is 7.89. The van der Waals surface area contributed by atoms with E-state index in [9.17, 15) is 8.42 Å². The lowest BCUT2D eigenvalue weighted by Gasteiger charge is -2.10. The third-order valence-corrected chi connectivity index (χ3v) is 6.06. The quantitative estimate of drug-likeness (QED) is 0.891. The Kier molecular flexibility index (Phi) is 3.80. The van der Waals surface area contributed by atoms with Gasteiger partial charge in [-0.05, 0) is 73.2 Å². The molecule has 0 fully saturated rings. The maximum atomic E-state index is 12.4. The van der Waals surface area contributed by atoms with Crippen molar-refractivity contribution in [1.29, 1.82) is 0 Å². The van der Waals surface area contributed by atoms with Crippen LogP contribution in [0.1, 0.15) is 23.1 Å². The minimum Gasteiger partial charge on any atom is -0.280 e. The number of aryl methyl sites for hydroxylation is 3. The summed E-state index contributed by atoms with van der Waals surface area (Å²) in [5.41, 5.74) is 4.11. The lowest BCUT2D eigenvalue weighted by atomic mass is 10.1. The first-order valence-corrected chi connectivity index (χ1v) is 9.14. The van der Waals surface area contributed by atoms with E-state index in [1.807, 2.05) is 25.1 Å². The van der Waals surface area contributed by atoms with Gasteiger partial charge in [0.05, 0.1) is 4.90 Å². The van der Waals surface area contributed by atoms with Crippen LogP contribution >= 0.6 is 15.9 Å². The highest BCUT2D eigenvalue weighted by Crippen LogP contribution is 2.27. The summed E-state index contributed by atoms with van der Waals surface area (Å²) < 4.78 is 28.4. The van der Waals surface area contributed by atoms with Gasteiger partial charge in [-0.3, -0.25) is 4.72 Å². The molecule has 0 saturated heterocycles. The number of sulfonamides is 1. The Labute approximate surface area is 133 Å². The van der Waals surface area contributed by atoms with E-state index >= 15 is 0 Å². The summed E-state index contributed by atoms with van der Waals surface area (Å²) in [5, 5.41) is 0. The second kappa shape index (κ2) is 5.46. The van der Waals surface area contributed by atoms with E-state index in [2.05, 4.69) is 20.7 Å². The normalized spacial score (nSPS) is 14.0. The lowest BCUT2D eigenvalue weighted by molar-refractivity contribution is 0.601. The van der Waals surface area contributed by atoms with E-state index in [4.69, 9.17) is 0 Å². The Morgan fingerprint density at radius 2 is 1.81 bits per heavy atom. The fourth-order valence-electron chi connectivity index (χ4n) is 2.63. The van der Waals surface area contributed by atoms with Gasteiger partial charge in [-0.15, -0.1) is 0 Å². The van der Waals surface area contributed by atoms with Gasteiger partial charge >= 0.3 is 0 Å². The van der Waals surface area contributed by atoms with Crippen molar-refractivity contribution < 1.29 is 8.42 Å². The van der Waals surface area contributed by atoms with Crippen molar-refractivity contribution in [1.82, 2.24) is 0 Å². The van der Waals surface area contributed by atoms with Gasteiger partial charge in [0.2, 0.25) is 0 Å². The summed E-state index contributed by atoms with van der Waals surface area (Å²) in [4.78, 5) is 0.281. The number of rotatable bonds is 3. The molecule has 0 radical (unpaired) electrons. The molecule has 3 rings (SSSR count). The van der Waals surface area contributed by atoms with Gasteiger partial charge in [0.15, 0.2) is 0 Å². The topological polar surface area (TPSA) is 46.2 Å². The van der Waals surface area contributed by atoms with Gasteiger partial charge in [0, 0.05) is 10.2 Å². The number of hydrogen-bond acceptors (Lipinski definition) is 2. The molecule has 0 aliphatic heterocycles. The fourth-order valence-corrected chi connectivity index (χ4v) is 4.01. The first kappa shape index (κ1) is 14.6. The minimum atomic E-state index is -3.54. The van der Waals surface area contributed by atoms with Crippen LogP contribution in [0.15, 0.2) is 45.8 Å². The predicted octanol–water partition coefficient (Wildman–Crippen LogP) is 4.05. The summed E-state index contributed by atoms with van der Waals surface area (Å²) >= 11 is 3.38. The van der Waals surface area contributed by atoms with Crippen LogP contribution in [0.5, 0.6) is 0 Å². The van der Waals surface area contributed by atoms with E-state index in [1.165, 1.54) is 11.1 Å². The van der Waals surface area contributed by atoms with E-state index in [0.717, 1.165) is 29.3 Å². The van der Waals surface area contributed by atoms with Crippen LogP contribution in [-0.4, -0.2) is 8.42 Å². The van der Waals surface area contributed by atoms with Crippen molar-refractivity contribution in [2.24, 2.45) is 0 Å². The third-order valence-electron chi connectivity index (χ3n) is 3.79. The second-order valence-electron chi connectivity index (χ2n) is 5.35. The first-order valence-electron chi connectivity index (χ1n) is 6.86. The molecule has 0 unspecified atom stereocenters. The largest absolute Gasteiger partial charge is 0.280 e. The molecule has 1 aliphatic carbocycles. The van der Waals surface area contributed by atoms with Crippen molar-refractivity contribution in [3.05, 3.63) is 57.6 Å².